The highest BCUT2D eigenvalue weighted by molar-refractivity contribution is 9.10. The summed E-state index contributed by atoms with van der Waals surface area (Å²) in [7, 11) is 0. The number of nitrogens with zero attached hydrogens (tertiary/aromatic N) is 1. The van der Waals surface area contributed by atoms with Gasteiger partial charge in [0.25, 0.3) is 0 Å². The van der Waals surface area contributed by atoms with Crippen LogP contribution in [0, 0.1) is 0 Å². The second kappa shape index (κ2) is 8.53. The van der Waals surface area contributed by atoms with Gasteiger partial charge in [-0.2, -0.15) is 0 Å². The maximum atomic E-state index is 12.2. The fourth-order valence-corrected chi connectivity index (χ4v) is 2.53. The Kier molecular flexibility index (Phi) is 6.40. The van der Waals surface area contributed by atoms with Crippen LogP contribution >= 0.6 is 15.9 Å². The Bertz CT molecular complexity index is 662. The molecule has 0 aliphatic rings. The standard InChI is InChI=1S/C17H19BrN2O3/c1-3-22-15-9-12(14(18)11-16(15)23-4-2)10-17(21)20-13-5-7-19-8-6-13/h5-9,11H,3-4,10H2,1-2H3,(H,19,20,21). The van der Waals surface area contributed by atoms with Crippen LogP contribution in [0.1, 0.15) is 19.4 Å². The molecular formula is C17H19BrN2O3. The van der Waals surface area contributed by atoms with Gasteiger partial charge in [-0.25, -0.2) is 0 Å². The monoisotopic (exact) mass is 378 g/mol. The van der Waals surface area contributed by atoms with Gasteiger partial charge in [-0.3, -0.25) is 9.78 Å². The molecule has 122 valence electrons. The molecule has 0 aliphatic heterocycles. The number of pyridine rings is 1. The highest BCUT2D eigenvalue weighted by atomic mass is 79.9. The summed E-state index contributed by atoms with van der Waals surface area (Å²) in [5, 5.41) is 2.84. The van der Waals surface area contributed by atoms with Crippen LogP contribution in [0.2, 0.25) is 0 Å². The number of ether oxygens (including phenoxy) is 2. The van der Waals surface area contributed by atoms with Gasteiger partial charge in [0.1, 0.15) is 0 Å². The third kappa shape index (κ3) is 4.96. The molecule has 1 amide bonds. The molecular weight excluding hydrogens is 360 g/mol. The molecule has 0 aliphatic carbocycles. The van der Waals surface area contributed by atoms with E-state index in [1.807, 2.05) is 26.0 Å². The molecule has 0 unspecified atom stereocenters. The van der Waals surface area contributed by atoms with Crippen molar-refractivity contribution < 1.29 is 14.3 Å². The first-order valence-electron chi connectivity index (χ1n) is 7.42. The summed E-state index contributed by atoms with van der Waals surface area (Å²) in [5.41, 5.74) is 1.56. The summed E-state index contributed by atoms with van der Waals surface area (Å²) >= 11 is 3.49. The van der Waals surface area contributed by atoms with Gasteiger partial charge in [-0.05, 0) is 43.7 Å². The number of nitrogens with one attached hydrogen (secondary N) is 1. The van der Waals surface area contributed by atoms with Crippen molar-refractivity contribution in [3.63, 3.8) is 0 Å². The summed E-state index contributed by atoms with van der Waals surface area (Å²) in [6, 6.07) is 7.17. The van der Waals surface area contributed by atoms with Crippen LogP contribution in [-0.4, -0.2) is 24.1 Å². The van der Waals surface area contributed by atoms with Crippen LogP contribution in [0.4, 0.5) is 5.69 Å². The topological polar surface area (TPSA) is 60.5 Å². The van der Waals surface area contributed by atoms with Crippen molar-refractivity contribution in [2.24, 2.45) is 0 Å². The molecule has 1 aromatic heterocycles. The molecule has 1 N–H and O–H groups in total. The number of carbonyl (C=O) groups excluding carboxylic acids is 1. The first-order chi connectivity index (χ1) is 11.1. The Morgan fingerprint density at radius 2 is 1.74 bits per heavy atom. The second-order valence-electron chi connectivity index (χ2n) is 4.72. The number of benzene rings is 1. The predicted molar refractivity (Wildman–Crippen MR) is 93.1 cm³/mol. The summed E-state index contributed by atoms with van der Waals surface area (Å²) in [5.74, 6) is 1.20. The molecule has 0 radical (unpaired) electrons. The highest BCUT2D eigenvalue weighted by Gasteiger charge is 2.13. The third-order valence-corrected chi connectivity index (χ3v) is 3.77. The zero-order valence-electron chi connectivity index (χ0n) is 13.1. The molecule has 2 rings (SSSR count). The molecule has 2 aromatic rings. The van der Waals surface area contributed by atoms with E-state index in [4.69, 9.17) is 9.47 Å². The lowest BCUT2D eigenvalue weighted by molar-refractivity contribution is -0.115. The fourth-order valence-electron chi connectivity index (χ4n) is 2.06. The van der Waals surface area contributed by atoms with Gasteiger partial charge in [0, 0.05) is 22.6 Å². The van der Waals surface area contributed by atoms with E-state index in [0.29, 0.717) is 24.7 Å². The van der Waals surface area contributed by atoms with Gasteiger partial charge in [0.05, 0.1) is 19.6 Å². The van der Waals surface area contributed by atoms with Crippen molar-refractivity contribution in [3.8, 4) is 11.5 Å². The van der Waals surface area contributed by atoms with Crippen molar-refractivity contribution in [1.82, 2.24) is 4.98 Å². The third-order valence-electron chi connectivity index (χ3n) is 3.03. The number of carbonyl (C=O) groups is 1. The second-order valence-corrected chi connectivity index (χ2v) is 5.57. The molecule has 0 atom stereocenters. The van der Waals surface area contributed by atoms with Crippen LogP contribution in [0.25, 0.3) is 0 Å². The van der Waals surface area contributed by atoms with Crippen molar-refractivity contribution in [2.75, 3.05) is 18.5 Å². The molecule has 1 aromatic carbocycles. The smallest absolute Gasteiger partial charge is 0.228 e. The fraction of sp³-hybridized carbons (Fsp3) is 0.294. The maximum absolute atomic E-state index is 12.2. The number of aromatic nitrogens is 1. The molecule has 23 heavy (non-hydrogen) atoms. The molecule has 1 heterocycles. The van der Waals surface area contributed by atoms with Crippen molar-refractivity contribution in [3.05, 3.63) is 46.7 Å². The van der Waals surface area contributed by atoms with E-state index < -0.39 is 0 Å². The average molecular weight is 379 g/mol. The minimum Gasteiger partial charge on any atom is -0.490 e. The normalized spacial score (nSPS) is 10.2. The van der Waals surface area contributed by atoms with E-state index >= 15 is 0 Å². The zero-order chi connectivity index (χ0) is 16.7. The Labute approximate surface area is 144 Å². The quantitative estimate of drug-likeness (QED) is 0.795. The lowest BCUT2D eigenvalue weighted by Gasteiger charge is -2.14. The number of halogens is 1. The van der Waals surface area contributed by atoms with E-state index in [2.05, 4.69) is 26.2 Å². The van der Waals surface area contributed by atoms with Crippen LogP contribution < -0.4 is 14.8 Å². The van der Waals surface area contributed by atoms with Crippen LogP contribution in [-0.2, 0) is 11.2 Å². The van der Waals surface area contributed by atoms with E-state index in [-0.39, 0.29) is 12.3 Å². The summed E-state index contributed by atoms with van der Waals surface area (Å²) in [4.78, 5) is 16.1. The largest absolute Gasteiger partial charge is 0.490 e. The number of anilines is 1. The van der Waals surface area contributed by atoms with E-state index in [1.54, 1.807) is 24.5 Å². The van der Waals surface area contributed by atoms with Gasteiger partial charge in [-0.15, -0.1) is 0 Å². The Balaban J connectivity index is 2.15. The number of amides is 1. The summed E-state index contributed by atoms with van der Waals surface area (Å²) in [6.07, 6.45) is 3.50. The Morgan fingerprint density at radius 1 is 1.13 bits per heavy atom. The Morgan fingerprint density at radius 3 is 2.35 bits per heavy atom. The van der Waals surface area contributed by atoms with Gasteiger partial charge >= 0.3 is 0 Å². The van der Waals surface area contributed by atoms with Crippen LogP contribution in [0.15, 0.2) is 41.1 Å². The summed E-state index contributed by atoms with van der Waals surface area (Å²) < 4.78 is 12.0. The van der Waals surface area contributed by atoms with Gasteiger partial charge < -0.3 is 14.8 Å². The molecule has 6 heteroatoms. The van der Waals surface area contributed by atoms with Crippen LogP contribution in [0.5, 0.6) is 11.5 Å². The van der Waals surface area contributed by atoms with Gasteiger partial charge in [-0.1, -0.05) is 15.9 Å². The number of hydrogen-bond donors (Lipinski definition) is 1. The van der Waals surface area contributed by atoms with Crippen LogP contribution in [0.3, 0.4) is 0 Å². The number of rotatable bonds is 7. The highest BCUT2D eigenvalue weighted by Crippen LogP contribution is 2.34. The van der Waals surface area contributed by atoms with Crippen molar-refractivity contribution >= 4 is 27.5 Å². The zero-order valence-corrected chi connectivity index (χ0v) is 14.7. The summed E-state index contributed by atoms with van der Waals surface area (Å²) in [6.45, 7) is 4.91. The van der Waals surface area contributed by atoms with Crippen molar-refractivity contribution in [2.45, 2.75) is 20.3 Å². The average Bonchev–Trinajstić information content (AvgIpc) is 2.53. The van der Waals surface area contributed by atoms with E-state index in [9.17, 15) is 4.79 Å². The van der Waals surface area contributed by atoms with Gasteiger partial charge in [0.15, 0.2) is 11.5 Å². The molecule has 0 saturated carbocycles. The maximum Gasteiger partial charge on any atom is 0.228 e. The first-order valence-corrected chi connectivity index (χ1v) is 8.21. The predicted octanol–water partition coefficient (Wildman–Crippen LogP) is 3.82. The SMILES string of the molecule is CCOc1cc(Br)c(CC(=O)Nc2ccncc2)cc1OCC. The van der Waals surface area contributed by atoms with E-state index in [0.717, 1.165) is 15.7 Å². The van der Waals surface area contributed by atoms with Crippen molar-refractivity contribution in [1.29, 1.82) is 0 Å². The van der Waals surface area contributed by atoms with Gasteiger partial charge in [0.2, 0.25) is 5.91 Å². The minimum atomic E-state index is -0.108. The molecule has 5 nitrogen and oxygen atoms in total. The first kappa shape index (κ1) is 17.3. The molecule has 0 fully saturated rings. The lowest BCUT2D eigenvalue weighted by Crippen LogP contribution is -2.15. The molecule has 0 saturated heterocycles. The minimum absolute atomic E-state index is 0.108. The molecule has 0 bridgehead atoms. The number of hydrogen-bond acceptors (Lipinski definition) is 4. The van der Waals surface area contributed by atoms with E-state index in [1.165, 1.54) is 0 Å². The lowest BCUT2D eigenvalue weighted by atomic mass is 10.1. The molecule has 0 spiro atoms. The Hall–Kier alpha value is -2.08.